The Morgan fingerprint density at radius 2 is 1.61 bits per heavy atom. The number of hydrogen-bond donors (Lipinski definition) is 1. The Kier molecular flexibility index (Phi) is 11.0. The zero-order valence-electron chi connectivity index (χ0n) is 14.3. The minimum absolute atomic E-state index is 0.105. The minimum Gasteiger partial charge on any atom is -0.497 e. The second kappa shape index (κ2) is 13.0. The monoisotopic (exact) mass is 318 g/mol. The molecule has 23 heavy (non-hydrogen) atoms. The average Bonchev–Trinajstić information content (AvgIpc) is 2.60. The topological polar surface area (TPSA) is 38.7 Å². The lowest BCUT2D eigenvalue weighted by molar-refractivity contribution is 0.0709. The summed E-state index contributed by atoms with van der Waals surface area (Å²) in [5.41, 5.74) is 1.11. The van der Waals surface area contributed by atoms with Gasteiger partial charge in [0, 0.05) is 6.61 Å². The molecule has 128 valence electrons. The van der Waals surface area contributed by atoms with Crippen molar-refractivity contribution in [1.29, 1.82) is 0 Å². The smallest absolute Gasteiger partial charge is 0.118 e. The molecule has 0 bridgehead atoms. The third-order valence-electron chi connectivity index (χ3n) is 3.92. The summed E-state index contributed by atoms with van der Waals surface area (Å²) in [7, 11) is 1.66. The number of hydrogen-bond acceptors (Lipinski definition) is 3. The van der Waals surface area contributed by atoms with Crippen molar-refractivity contribution < 1.29 is 14.6 Å². The van der Waals surface area contributed by atoms with E-state index < -0.39 is 0 Å². The largest absolute Gasteiger partial charge is 0.497 e. The first kappa shape index (κ1) is 19.5. The van der Waals surface area contributed by atoms with Gasteiger partial charge < -0.3 is 14.6 Å². The Morgan fingerprint density at radius 3 is 2.17 bits per heavy atom. The molecule has 1 rings (SSSR count). The van der Waals surface area contributed by atoms with Gasteiger partial charge in [-0.25, -0.2) is 0 Å². The van der Waals surface area contributed by atoms with E-state index in [9.17, 15) is 0 Å². The van der Waals surface area contributed by atoms with E-state index in [1.54, 1.807) is 7.11 Å². The highest BCUT2D eigenvalue weighted by Crippen LogP contribution is 2.15. The maximum atomic E-state index is 8.72. The molecule has 1 N–H and O–H groups in total. The predicted molar refractivity (Wildman–Crippen MR) is 94.4 cm³/mol. The molecule has 0 aromatic heterocycles. The van der Waals surface area contributed by atoms with E-state index in [2.05, 4.69) is 5.92 Å². The highest BCUT2D eigenvalue weighted by atomic mass is 16.5. The molecule has 1 aromatic rings. The van der Waals surface area contributed by atoms with Gasteiger partial charge in [-0.1, -0.05) is 50.2 Å². The number of aliphatic hydroxyl groups excluding tert-OH is 1. The van der Waals surface area contributed by atoms with Crippen LogP contribution in [0, 0.1) is 12.3 Å². The summed E-state index contributed by atoms with van der Waals surface area (Å²) in [6, 6.07) is 7.86. The maximum absolute atomic E-state index is 8.72. The minimum atomic E-state index is -0.105. The fraction of sp³-hybridized carbons (Fsp3) is 0.600. The van der Waals surface area contributed by atoms with Crippen LogP contribution in [0.25, 0.3) is 0 Å². The fourth-order valence-corrected chi connectivity index (χ4v) is 2.46. The fourth-order valence-electron chi connectivity index (χ4n) is 2.46. The van der Waals surface area contributed by atoms with Gasteiger partial charge in [-0.3, -0.25) is 0 Å². The molecule has 1 aromatic carbocycles. The van der Waals surface area contributed by atoms with Crippen molar-refractivity contribution in [2.45, 2.75) is 64.1 Å². The summed E-state index contributed by atoms with van der Waals surface area (Å²) in [4.78, 5) is 0. The SMILES string of the molecule is C#CC(CCCCCCCCCO)OCc1ccc(OC)cc1. The van der Waals surface area contributed by atoms with E-state index in [1.165, 1.54) is 25.7 Å². The highest BCUT2D eigenvalue weighted by molar-refractivity contribution is 5.26. The van der Waals surface area contributed by atoms with Gasteiger partial charge in [0.1, 0.15) is 11.9 Å². The van der Waals surface area contributed by atoms with E-state index in [1.807, 2.05) is 24.3 Å². The van der Waals surface area contributed by atoms with Crippen molar-refractivity contribution in [2.24, 2.45) is 0 Å². The third kappa shape index (κ3) is 9.28. The summed E-state index contributed by atoms with van der Waals surface area (Å²) < 4.78 is 10.9. The number of terminal acetylenes is 1. The molecular formula is C20H30O3. The van der Waals surface area contributed by atoms with Crippen molar-refractivity contribution >= 4 is 0 Å². The first-order valence-corrected chi connectivity index (χ1v) is 8.61. The summed E-state index contributed by atoms with van der Waals surface area (Å²) in [5, 5.41) is 8.72. The standard InChI is InChI=1S/C20H30O3/c1-3-19(11-9-7-5-4-6-8-10-16-21)23-17-18-12-14-20(22-2)15-13-18/h1,12-15,19,21H,4-11,16-17H2,2H3. The number of unbranched alkanes of at least 4 members (excludes halogenated alkanes) is 6. The molecule has 0 spiro atoms. The second-order valence-electron chi connectivity index (χ2n) is 5.80. The number of benzene rings is 1. The molecule has 3 nitrogen and oxygen atoms in total. The lowest BCUT2D eigenvalue weighted by Gasteiger charge is -2.12. The molecule has 0 aliphatic heterocycles. The van der Waals surface area contributed by atoms with E-state index in [4.69, 9.17) is 21.0 Å². The lowest BCUT2D eigenvalue weighted by Crippen LogP contribution is -2.10. The molecule has 0 radical (unpaired) electrons. The van der Waals surface area contributed by atoms with Crippen LogP contribution < -0.4 is 4.74 Å². The molecule has 0 aliphatic rings. The number of aliphatic hydroxyl groups is 1. The van der Waals surface area contributed by atoms with Gasteiger partial charge in [-0.2, -0.15) is 0 Å². The Bertz CT molecular complexity index is 433. The van der Waals surface area contributed by atoms with Crippen LogP contribution in [0.3, 0.4) is 0 Å². The van der Waals surface area contributed by atoms with E-state index in [0.717, 1.165) is 37.0 Å². The van der Waals surface area contributed by atoms with E-state index in [-0.39, 0.29) is 6.10 Å². The van der Waals surface area contributed by atoms with Crippen LogP contribution in [0.2, 0.25) is 0 Å². The van der Waals surface area contributed by atoms with Crippen LogP contribution in [0.4, 0.5) is 0 Å². The van der Waals surface area contributed by atoms with Crippen molar-refractivity contribution in [3.8, 4) is 18.1 Å². The van der Waals surface area contributed by atoms with Crippen LogP contribution in [0.5, 0.6) is 5.75 Å². The molecule has 1 unspecified atom stereocenters. The second-order valence-corrected chi connectivity index (χ2v) is 5.80. The van der Waals surface area contributed by atoms with Gasteiger partial charge in [0.25, 0.3) is 0 Å². The molecule has 0 fully saturated rings. The van der Waals surface area contributed by atoms with Crippen molar-refractivity contribution in [3.63, 3.8) is 0 Å². The zero-order valence-corrected chi connectivity index (χ0v) is 14.3. The van der Waals surface area contributed by atoms with Crippen LogP contribution in [-0.2, 0) is 11.3 Å². The van der Waals surface area contributed by atoms with Gasteiger partial charge in [0.05, 0.1) is 13.7 Å². The Morgan fingerprint density at radius 1 is 1.00 bits per heavy atom. The van der Waals surface area contributed by atoms with Crippen LogP contribution >= 0.6 is 0 Å². The highest BCUT2D eigenvalue weighted by Gasteiger charge is 2.05. The molecule has 0 saturated carbocycles. The Balaban J connectivity index is 2.10. The third-order valence-corrected chi connectivity index (χ3v) is 3.92. The maximum Gasteiger partial charge on any atom is 0.118 e. The summed E-state index contributed by atoms with van der Waals surface area (Å²) in [6.45, 7) is 0.857. The summed E-state index contributed by atoms with van der Waals surface area (Å²) in [6.07, 6.45) is 14.4. The molecule has 0 amide bonds. The van der Waals surface area contributed by atoms with Gasteiger partial charge in [0.2, 0.25) is 0 Å². The van der Waals surface area contributed by atoms with Gasteiger partial charge in [0.15, 0.2) is 0 Å². The van der Waals surface area contributed by atoms with Crippen LogP contribution in [0.15, 0.2) is 24.3 Å². The molecule has 0 aliphatic carbocycles. The van der Waals surface area contributed by atoms with E-state index >= 15 is 0 Å². The summed E-state index contributed by atoms with van der Waals surface area (Å²) >= 11 is 0. The van der Waals surface area contributed by atoms with Crippen molar-refractivity contribution in [3.05, 3.63) is 29.8 Å². The molecule has 3 heteroatoms. The quantitative estimate of drug-likeness (QED) is 0.435. The normalized spacial score (nSPS) is 11.9. The summed E-state index contributed by atoms with van der Waals surface area (Å²) in [5.74, 6) is 3.59. The number of rotatable bonds is 13. The predicted octanol–water partition coefficient (Wildman–Crippen LogP) is 4.33. The van der Waals surface area contributed by atoms with Gasteiger partial charge in [-0.05, 0) is 37.0 Å². The van der Waals surface area contributed by atoms with Gasteiger partial charge in [-0.15, -0.1) is 6.42 Å². The first-order valence-electron chi connectivity index (χ1n) is 8.61. The van der Waals surface area contributed by atoms with Crippen LogP contribution in [0.1, 0.15) is 56.9 Å². The van der Waals surface area contributed by atoms with Gasteiger partial charge >= 0.3 is 0 Å². The first-order chi connectivity index (χ1) is 11.3. The molecule has 1 atom stereocenters. The van der Waals surface area contributed by atoms with Crippen LogP contribution in [-0.4, -0.2) is 24.9 Å². The van der Waals surface area contributed by atoms with E-state index in [0.29, 0.717) is 13.2 Å². The average molecular weight is 318 g/mol. The number of ether oxygens (including phenoxy) is 2. The molecular weight excluding hydrogens is 288 g/mol. The van der Waals surface area contributed by atoms with Crippen molar-refractivity contribution in [1.82, 2.24) is 0 Å². The number of methoxy groups -OCH3 is 1. The van der Waals surface area contributed by atoms with Crippen molar-refractivity contribution in [2.75, 3.05) is 13.7 Å². The Hall–Kier alpha value is -1.50. The molecule has 0 saturated heterocycles. The molecule has 0 heterocycles. The Labute approximate surface area is 141 Å². The zero-order chi connectivity index (χ0) is 16.8. The lowest BCUT2D eigenvalue weighted by atomic mass is 10.1.